The Morgan fingerprint density at radius 3 is 2.40 bits per heavy atom. The Kier molecular flexibility index (Phi) is 4.86. The highest BCUT2D eigenvalue weighted by Crippen LogP contribution is 2.39. The minimum absolute atomic E-state index is 0.107. The molecule has 2 rings (SSSR count). The smallest absolute Gasteiger partial charge is 0.156 e. The molecule has 0 saturated heterocycles. The van der Waals surface area contributed by atoms with Crippen LogP contribution in [0.15, 0.2) is 24.3 Å². The first kappa shape index (κ1) is 15.1. The Balaban J connectivity index is 2.34. The number of hydrogen-bond acceptors (Lipinski definition) is 5. The van der Waals surface area contributed by atoms with Crippen LogP contribution in [-0.2, 0) is 0 Å². The maximum atomic E-state index is 9.27. The van der Waals surface area contributed by atoms with Crippen LogP contribution in [0.2, 0.25) is 0 Å². The van der Waals surface area contributed by atoms with Crippen molar-refractivity contribution in [1.82, 2.24) is 4.90 Å². The molecular formula is C15H26N4O. The van der Waals surface area contributed by atoms with Crippen molar-refractivity contribution in [2.45, 2.75) is 33.2 Å². The summed E-state index contributed by atoms with van der Waals surface area (Å²) in [6.45, 7) is 9.16. The Morgan fingerprint density at radius 1 is 1.25 bits per heavy atom. The van der Waals surface area contributed by atoms with E-state index in [0.717, 1.165) is 24.5 Å². The van der Waals surface area contributed by atoms with Crippen LogP contribution in [0.4, 0.5) is 11.4 Å². The zero-order chi connectivity index (χ0) is 14.7. The molecule has 5 nitrogen and oxygen atoms in total. The van der Waals surface area contributed by atoms with E-state index in [1.807, 2.05) is 12.1 Å². The van der Waals surface area contributed by atoms with Gasteiger partial charge < -0.3 is 14.9 Å². The fraction of sp³-hybridized carbons (Fsp3) is 0.600. The van der Waals surface area contributed by atoms with E-state index in [4.69, 9.17) is 5.73 Å². The van der Waals surface area contributed by atoms with E-state index in [0.29, 0.717) is 6.54 Å². The number of rotatable bonds is 6. The molecule has 0 radical (unpaired) electrons. The molecular weight excluding hydrogens is 252 g/mol. The van der Waals surface area contributed by atoms with E-state index in [1.165, 1.54) is 0 Å². The topological polar surface area (TPSA) is 56.0 Å². The molecule has 0 fully saturated rings. The third-order valence-electron chi connectivity index (χ3n) is 4.16. The number of β-amino-alcohol motifs (C(OH)–C–C–N with tert-alkyl or cyclic N) is 1. The molecule has 1 aliphatic heterocycles. The quantitative estimate of drug-likeness (QED) is 0.820. The average Bonchev–Trinajstić information content (AvgIpc) is 2.73. The van der Waals surface area contributed by atoms with Gasteiger partial charge in [-0.2, -0.15) is 0 Å². The Morgan fingerprint density at radius 2 is 1.85 bits per heavy atom. The minimum atomic E-state index is -0.227. The van der Waals surface area contributed by atoms with Crippen molar-refractivity contribution in [1.29, 1.82) is 0 Å². The maximum Gasteiger partial charge on any atom is 0.156 e. The highest BCUT2D eigenvalue weighted by Gasteiger charge is 2.36. The Bertz CT molecular complexity index is 436. The Labute approximate surface area is 121 Å². The number of anilines is 2. The van der Waals surface area contributed by atoms with Crippen LogP contribution in [0, 0.1) is 0 Å². The summed E-state index contributed by atoms with van der Waals surface area (Å²) in [5, 5.41) is 9.27. The van der Waals surface area contributed by atoms with Gasteiger partial charge in [0.25, 0.3) is 0 Å². The van der Waals surface area contributed by atoms with Gasteiger partial charge in [0.2, 0.25) is 0 Å². The number of aliphatic hydroxyl groups is 1. The van der Waals surface area contributed by atoms with E-state index >= 15 is 0 Å². The predicted molar refractivity (Wildman–Crippen MR) is 83.7 cm³/mol. The first-order chi connectivity index (χ1) is 9.65. The number of nitrogens with two attached hydrogens (primary N) is 1. The number of aliphatic hydroxyl groups excluding tert-OH is 1. The monoisotopic (exact) mass is 278 g/mol. The van der Waals surface area contributed by atoms with Crippen molar-refractivity contribution in [3.8, 4) is 0 Å². The van der Waals surface area contributed by atoms with Crippen LogP contribution >= 0.6 is 0 Å². The van der Waals surface area contributed by atoms with Gasteiger partial charge in [-0.05, 0) is 32.1 Å². The molecule has 0 amide bonds. The molecule has 0 aromatic heterocycles. The summed E-state index contributed by atoms with van der Waals surface area (Å²) in [5.74, 6) is 0. The lowest BCUT2D eigenvalue weighted by Crippen LogP contribution is -2.58. The van der Waals surface area contributed by atoms with Crippen molar-refractivity contribution in [3.63, 3.8) is 0 Å². The summed E-state index contributed by atoms with van der Waals surface area (Å²) in [7, 11) is 0. The van der Waals surface area contributed by atoms with Gasteiger partial charge in [-0.15, -0.1) is 0 Å². The molecule has 1 aromatic carbocycles. The summed E-state index contributed by atoms with van der Waals surface area (Å²) >= 11 is 0. The lowest BCUT2D eigenvalue weighted by atomic mass is 10.2. The van der Waals surface area contributed by atoms with Crippen LogP contribution in [0.5, 0.6) is 0 Å². The van der Waals surface area contributed by atoms with Crippen molar-refractivity contribution in [3.05, 3.63) is 24.3 Å². The van der Waals surface area contributed by atoms with Crippen LogP contribution in [-0.4, -0.2) is 48.7 Å². The molecule has 2 atom stereocenters. The van der Waals surface area contributed by atoms with Gasteiger partial charge in [0.1, 0.15) is 0 Å². The standard InChI is InChI=1S/C15H26N4O/c1-4-17(5-2)12(3)19-14-9-7-6-8-13(14)18(10-11-20)15(19)16/h6-9,12,15,20H,4-5,10-11,16H2,1-3H3. The number of fused-ring (bicyclic) bond motifs is 1. The van der Waals surface area contributed by atoms with E-state index < -0.39 is 0 Å². The van der Waals surface area contributed by atoms with Crippen molar-refractivity contribution >= 4 is 11.4 Å². The molecule has 0 aliphatic carbocycles. The highest BCUT2D eigenvalue weighted by molar-refractivity contribution is 5.77. The van der Waals surface area contributed by atoms with E-state index in [-0.39, 0.29) is 19.1 Å². The molecule has 0 bridgehead atoms. The Hall–Kier alpha value is -1.30. The number of nitrogens with zero attached hydrogens (tertiary/aromatic N) is 3. The largest absolute Gasteiger partial charge is 0.395 e. The zero-order valence-electron chi connectivity index (χ0n) is 12.7. The number of benzene rings is 1. The fourth-order valence-corrected chi connectivity index (χ4v) is 3.07. The van der Waals surface area contributed by atoms with Gasteiger partial charge in [0.05, 0.1) is 24.1 Å². The molecule has 0 spiro atoms. The first-order valence-electron chi connectivity index (χ1n) is 7.40. The molecule has 1 heterocycles. The van der Waals surface area contributed by atoms with Gasteiger partial charge in [-0.3, -0.25) is 10.6 Å². The third kappa shape index (κ3) is 2.49. The second kappa shape index (κ2) is 6.43. The summed E-state index contributed by atoms with van der Waals surface area (Å²) in [6.07, 6.45) is -0.00000661. The summed E-state index contributed by atoms with van der Waals surface area (Å²) in [5.41, 5.74) is 8.67. The lowest BCUT2D eigenvalue weighted by molar-refractivity contribution is 0.214. The van der Waals surface area contributed by atoms with Crippen LogP contribution in [0.3, 0.4) is 0 Å². The minimum Gasteiger partial charge on any atom is -0.395 e. The van der Waals surface area contributed by atoms with E-state index in [1.54, 1.807) is 0 Å². The SMILES string of the molecule is CCN(CC)C(C)N1c2ccccc2N(CCO)C1N. The summed E-state index contributed by atoms with van der Waals surface area (Å²) in [6, 6.07) is 8.23. The van der Waals surface area contributed by atoms with Crippen molar-refractivity contribution in [2.24, 2.45) is 5.73 Å². The van der Waals surface area contributed by atoms with Crippen LogP contribution in [0.25, 0.3) is 0 Å². The third-order valence-corrected chi connectivity index (χ3v) is 4.16. The molecule has 5 heteroatoms. The molecule has 3 N–H and O–H groups in total. The normalized spacial score (nSPS) is 19.6. The first-order valence-corrected chi connectivity index (χ1v) is 7.40. The van der Waals surface area contributed by atoms with Gasteiger partial charge in [0.15, 0.2) is 6.29 Å². The maximum absolute atomic E-state index is 9.27. The van der Waals surface area contributed by atoms with Gasteiger partial charge in [-0.1, -0.05) is 26.0 Å². The number of hydrogen-bond donors (Lipinski definition) is 2. The van der Waals surface area contributed by atoms with Gasteiger partial charge in [0, 0.05) is 6.54 Å². The summed E-state index contributed by atoms with van der Waals surface area (Å²) < 4.78 is 0. The fourth-order valence-electron chi connectivity index (χ4n) is 3.07. The summed E-state index contributed by atoms with van der Waals surface area (Å²) in [4.78, 5) is 6.67. The second-order valence-electron chi connectivity index (χ2n) is 5.08. The molecule has 1 aliphatic rings. The second-order valence-corrected chi connectivity index (χ2v) is 5.08. The highest BCUT2D eigenvalue weighted by atomic mass is 16.3. The zero-order valence-corrected chi connectivity index (χ0v) is 12.7. The number of para-hydroxylation sites is 2. The average molecular weight is 278 g/mol. The van der Waals surface area contributed by atoms with Crippen molar-refractivity contribution < 1.29 is 5.11 Å². The molecule has 0 saturated carbocycles. The van der Waals surface area contributed by atoms with Gasteiger partial charge in [-0.25, -0.2) is 0 Å². The van der Waals surface area contributed by atoms with E-state index in [2.05, 4.69) is 47.6 Å². The lowest BCUT2D eigenvalue weighted by Gasteiger charge is -2.39. The van der Waals surface area contributed by atoms with Gasteiger partial charge >= 0.3 is 0 Å². The molecule has 1 aromatic rings. The van der Waals surface area contributed by atoms with Crippen molar-refractivity contribution in [2.75, 3.05) is 36.0 Å². The van der Waals surface area contributed by atoms with Crippen LogP contribution < -0.4 is 15.5 Å². The van der Waals surface area contributed by atoms with E-state index in [9.17, 15) is 5.11 Å². The molecule has 20 heavy (non-hydrogen) atoms. The molecule has 112 valence electrons. The van der Waals surface area contributed by atoms with Crippen LogP contribution in [0.1, 0.15) is 20.8 Å². The molecule has 2 unspecified atom stereocenters. The predicted octanol–water partition coefficient (Wildman–Crippen LogP) is 1.24.